The molecule has 0 aliphatic carbocycles. The molecule has 1 aromatic heterocycles. The van der Waals surface area contributed by atoms with E-state index >= 15 is 0 Å². The molecule has 6 heteroatoms. The van der Waals surface area contributed by atoms with Gasteiger partial charge in [-0.2, -0.15) is 0 Å². The minimum Gasteiger partial charge on any atom is -0.394 e. The van der Waals surface area contributed by atoms with Crippen molar-refractivity contribution in [3.05, 3.63) is 25.3 Å². The van der Waals surface area contributed by atoms with Crippen molar-refractivity contribution in [3.63, 3.8) is 0 Å². The van der Waals surface area contributed by atoms with Crippen LogP contribution in [-0.4, -0.2) is 49.5 Å². The van der Waals surface area contributed by atoms with E-state index in [1.165, 1.54) is 0 Å². The molecule has 17 heavy (non-hydrogen) atoms. The third-order valence-corrected chi connectivity index (χ3v) is 1.92. The average Bonchev–Trinajstić information content (AvgIpc) is 2.80. The molecule has 0 bridgehead atoms. The summed E-state index contributed by atoms with van der Waals surface area (Å²) in [6, 6.07) is 0. The van der Waals surface area contributed by atoms with E-state index in [0.717, 1.165) is 0 Å². The summed E-state index contributed by atoms with van der Waals surface area (Å²) in [5.74, 6) is 0. The van der Waals surface area contributed by atoms with Crippen molar-refractivity contribution in [1.82, 2.24) is 4.73 Å². The minimum absolute atomic E-state index is 0.0417. The van der Waals surface area contributed by atoms with Gasteiger partial charge in [0.25, 0.3) is 6.33 Å². The highest BCUT2D eigenvalue weighted by atomic mass is 16.7. The molecular weight excluding hydrogens is 224 g/mol. The Hall–Kier alpha value is -1.37. The third-order valence-electron chi connectivity index (χ3n) is 1.92. The first-order chi connectivity index (χ1) is 8.36. The second-order valence-corrected chi connectivity index (χ2v) is 3.18. The zero-order chi connectivity index (χ0) is 12.3. The van der Waals surface area contributed by atoms with Crippen LogP contribution in [0.3, 0.4) is 0 Å². The number of aliphatic hydroxyl groups excluding tert-OH is 1. The van der Waals surface area contributed by atoms with Crippen molar-refractivity contribution in [3.8, 4) is 0 Å². The lowest BCUT2D eigenvalue weighted by Gasteiger charge is -2.04. The first-order valence-corrected chi connectivity index (χ1v) is 5.47. The fourth-order valence-corrected chi connectivity index (χ4v) is 1.12. The first-order valence-electron chi connectivity index (χ1n) is 5.47. The molecule has 0 aliphatic rings. The van der Waals surface area contributed by atoms with Crippen LogP contribution in [0, 0.1) is 0 Å². The summed E-state index contributed by atoms with van der Waals surface area (Å²) in [7, 11) is 0. The van der Waals surface area contributed by atoms with Gasteiger partial charge in [0, 0.05) is 0 Å². The number of aliphatic hydroxyl groups is 1. The van der Waals surface area contributed by atoms with Crippen molar-refractivity contribution >= 4 is 6.20 Å². The van der Waals surface area contributed by atoms with Gasteiger partial charge in [-0.15, -0.1) is 0 Å². The van der Waals surface area contributed by atoms with Crippen LogP contribution in [-0.2, 0) is 9.47 Å². The molecule has 0 aromatic carbocycles. The van der Waals surface area contributed by atoms with Crippen molar-refractivity contribution in [2.75, 3.05) is 39.6 Å². The summed E-state index contributed by atoms with van der Waals surface area (Å²) >= 11 is 0. The summed E-state index contributed by atoms with van der Waals surface area (Å²) in [5.41, 5.74) is 0. The number of nitrogens with zero attached hydrogens (tertiary/aromatic N) is 2. The number of rotatable bonds is 10. The van der Waals surface area contributed by atoms with Gasteiger partial charge >= 0.3 is 0 Å². The van der Waals surface area contributed by atoms with E-state index in [1.54, 1.807) is 28.0 Å². The van der Waals surface area contributed by atoms with Crippen LogP contribution in [0.2, 0.25) is 0 Å². The summed E-state index contributed by atoms with van der Waals surface area (Å²) in [6.45, 7) is 5.97. The smallest absolute Gasteiger partial charge is 0.288 e. The fraction of sp³-hybridized carbons (Fsp3) is 0.545. The topological polar surface area (TPSA) is 56.7 Å². The summed E-state index contributed by atoms with van der Waals surface area (Å²) < 4.78 is 13.7. The SMILES string of the molecule is C=C[n+]1ccn(OCCOCCOCCO)c1. The Morgan fingerprint density at radius 1 is 1.18 bits per heavy atom. The first kappa shape index (κ1) is 13.7. The second-order valence-electron chi connectivity index (χ2n) is 3.18. The van der Waals surface area contributed by atoms with Gasteiger partial charge in [-0.1, -0.05) is 11.3 Å². The molecule has 96 valence electrons. The van der Waals surface area contributed by atoms with E-state index in [9.17, 15) is 0 Å². The standard InChI is InChI=1S/C11H19N2O4/c1-2-12-3-4-13(11-12)17-10-9-16-8-7-15-6-5-14/h2-4,11,14H,1,5-10H2/q+1. The van der Waals surface area contributed by atoms with Crippen LogP contribution in [0.1, 0.15) is 0 Å². The maximum absolute atomic E-state index is 8.46. The van der Waals surface area contributed by atoms with Crippen LogP contribution in [0.5, 0.6) is 0 Å². The van der Waals surface area contributed by atoms with Gasteiger partial charge in [-0.25, -0.2) is 4.57 Å². The molecule has 0 radical (unpaired) electrons. The van der Waals surface area contributed by atoms with E-state index in [1.807, 2.05) is 6.20 Å². The van der Waals surface area contributed by atoms with Crippen LogP contribution in [0.25, 0.3) is 6.20 Å². The molecule has 6 nitrogen and oxygen atoms in total. The molecule has 0 spiro atoms. The highest BCUT2D eigenvalue weighted by molar-refractivity contribution is 4.94. The van der Waals surface area contributed by atoms with Gasteiger partial charge in [-0.05, 0) is 0 Å². The number of hydrogen-bond donors (Lipinski definition) is 1. The maximum atomic E-state index is 8.46. The molecule has 0 atom stereocenters. The van der Waals surface area contributed by atoms with E-state index in [-0.39, 0.29) is 6.61 Å². The van der Waals surface area contributed by atoms with Gasteiger partial charge in [0.15, 0.2) is 12.8 Å². The normalized spacial score (nSPS) is 10.4. The van der Waals surface area contributed by atoms with Gasteiger partial charge < -0.3 is 19.4 Å². The van der Waals surface area contributed by atoms with E-state index in [4.69, 9.17) is 19.4 Å². The van der Waals surface area contributed by atoms with E-state index < -0.39 is 0 Å². The van der Waals surface area contributed by atoms with Crippen LogP contribution in [0.15, 0.2) is 25.3 Å². The van der Waals surface area contributed by atoms with Crippen molar-refractivity contribution in [2.24, 2.45) is 0 Å². The number of hydrogen-bond acceptors (Lipinski definition) is 4. The summed E-state index contributed by atoms with van der Waals surface area (Å²) in [5, 5.41) is 8.46. The molecule has 1 aromatic rings. The summed E-state index contributed by atoms with van der Waals surface area (Å²) in [4.78, 5) is 5.36. The Labute approximate surface area is 101 Å². The van der Waals surface area contributed by atoms with Crippen molar-refractivity contribution < 1.29 is 24.0 Å². The highest BCUT2D eigenvalue weighted by Gasteiger charge is 2.00. The third kappa shape index (κ3) is 6.06. The zero-order valence-corrected chi connectivity index (χ0v) is 9.83. The molecular formula is C11H19N2O4+. The lowest BCUT2D eigenvalue weighted by molar-refractivity contribution is -0.568. The predicted octanol–water partition coefficient (Wildman–Crippen LogP) is -0.670. The Bertz CT molecular complexity index is 314. The molecule has 0 unspecified atom stereocenters. The Kier molecular flexibility index (Phi) is 7.04. The Balaban J connectivity index is 1.95. The van der Waals surface area contributed by atoms with Crippen molar-refractivity contribution in [1.29, 1.82) is 0 Å². The van der Waals surface area contributed by atoms with Gasteiger partial charge in [0.05, 0.1) is 39.2 Å². The zero-order valence-electron chi connectivity index (χ0n) is 9.83. The molecule has 0 amide bonds. The highest BCUT2D eigenvalue weighted by Crippen LogP contribution is 1.82. The molecule has 0 aliphatic heterocycles. The minimum atomic E-state index is 0.0417. The van der Waals surface area contributed by atoms with Crippen LogP contribution in [0.4, 0.5) is 0 Å². The lowest BCUT2D eigenvalue weighted by Crippen LogP contribution is -2.23. The van der Waals surface area contributed by atoms with Crippen LogP contribution >= 0.6 is 0 Å². The fourth-order valence-electron chi connectivity index (χ4n) is 1.12. The maximum Gasteiger partial charge on any atom is 0.288 e. The van der Waals surface area contributed by atoms with Gasteiger partial charge in [0.2, 0.25) is 0 Å². The Morgan fingerprint density at radius 3 is 2.53 bits per heavy atom. The predicted molar refractivity (Wildman–Crippen MR) is 61.2 cm³/mol. The van der Waals surface area contributed by atoms with Gasteiger partial charge in [-0.3, -0.25) is 0 Å². The van der Waals surface area contributed by atoms with Crippen molar-refractivity contribution in [2.45, 2.75) is 0 Å². The molecule has 0 saturated heterocycles. The van der Waals surface area contributed by atoms with E-state index in [0.29, 0.717) is 33.0 Å². The molecule has 0 saturated carbocycles. The number of imidazole rings is 1. The number of aromatic nitrogens is 2. The largest absolute Gasteiger partial charge is 0.394 e. The summed E-state index contributed by atoms with van der Waals surface area (Å²) in [6.07, 6.45) is 7.05. The quantitative estimate of drug-likeness (QED) is 0.437. The molecule has 1 heterocycles. The lowest BCUT2D eigenvalue weighted by atomic mass is 10.7. The monoisotopic (exact) mass is 243 g/mol. The van der Waals surface area contributed by atoms with Gasteiger partial charge in [0.1, 0.15) is 6.20 Å². The molecule has 1 N–H and O–H groups in total. The van der Waals surface area contributed by atoms with E-state index in [2.05, 4.69) is 6.58 Å². The Morgan fingerprint density at radius 2 is 1.88 bits per heavy atom. The number of ether oxygens (including phenoxy) is 2. The molecule has 1 rings (SSSR count). The van der Waals surface area contributed by atoms with Crippen LogP contribution < -0.4 is 9.40 Å². The second kappa shape index (κ2) is 8.74. The average molecular weight is 243 g/mol. The molecule has 0 fully saturated rings.